The van der Waals surface area contributed by atoms with Crippen LogP contribution in [0, 0.1) is 0 Å². The number of para-hydroxylation sites is 2. The number of hydrogen-bond donors (Lipinski definition) is 1. The Kier molecular flexibility index (Phi) is 8.36. The van der Waals surface area contributed by atoms with E-state index in [0.29, 0.717) is 23.7 Å². The number of nitrogens with one attached hydrogen (secondary N) is 1. The first kappa shape index (κ1) is 26.6. The molecule has 0 saturated carbocycles. The second-order valence-electron chi connectivity index (χ2n) is 9.73. The molecule has 202 valence electrons. The van der Waals surface area contributed by atoms with E-state index in [9.17, 15) is 0 Å². The van der Waals surface area contributed by atoms with Crippen molar-refractivity contribution in [1.82, 2.24) is 15.3 Å². The van der Waals surface area contributed by atoms with E-state index in [1.54, 1.807) is 20.4 Å². The lowest BCUT2D eigenvalue weighted by atomic mass is 10.0. The van der Waals surface area contributed by atoms with Crippen LogP contribution in [0.3, 0.4) is 0 Å². The van der Waals surface area contributed by atoms with E-state index in [2.05, 4.69) is 23.4 Å². The monoisotopic (exact) mass is 527 g/mol. The Morgan fingerprint density at radius 3 is 2.44 bits per heavy atom. The fourth-order valence-corrected chi connectivity index (χ4v) is 4.78. The summed E-state index contributed by atoms with van der Waals surface area (Å²) in [5.74, 6) is 3.02. The van der Waals surface area contributed by atoms with Crippen molar-refractivity contribution in [1.29, 1.82) is 0 Å². The predicted molar refractivity (Wildman–Crippen MR) is 149 cm³/mol. The van der Waals surface area contributed by atoms with E-state index >= 15 is 0 Å². The van der Waals surface area contributed by atoms with Crippen molar-refractivity contribution in [2.24, 2.45) is 0 Å². The Balaban J connectivity index is 1.26. The first-order valence-corrected chi connectivity index (χ1v) is 13.1. The second kappa shape index (κ2) is 12.3. The molecule has 3 aromatic carbocycles. The molecule has 0 aliphatic carbocycles. The van der Waals surface area contributed by atoms with Crippen LogP contribution in [0.5, 0.6) is 17.2 Å². The molecule has 1 N–H and O–H groups in total. The van der Waals surface area contributed by atoms with Gasteiger partial charge in [0.05, 0.1) is 38.6 Å². The topological polar surface area (TPSA) is 74.7 Å². The van der Waals surface area contributed by atoms with Gasteiger partial charge in [-0.15, -0.1) is 0 Å². The van der Waals surface area contributed by atoms with Gasteiger partial charge >= 0.3 is 0 Å². The Hall–Kier alpha value is -3.98. The lowest BCUT2D eigenvalue weighted by Gasteiger charge is -2.39. The number of benzene rings is 3. The summed E-state index contributed by atoms with van der Waals surface area (Å²) in [5.41, 5.74) is 3.86. The number of hydrogen-bond acceptors (Lipinski definition) is 7. The zero-order valence-electron chi connectivity index (χ0n) is 22.7. The van der Waals surface area contributed by atoms with Crippen molar-refractivity contribution in [3.05, 3.63) is 102 Å². The molecule has 39 heavy (non-hydrogen) atoms. The summed E-state index contributed by atoms with van der Waals surface area (Å²) in [6, 6.07) is 25.9. The molecule has 5 rings (SSSR count). The van der Waals surface area contributed by atoms with E-state index in [1.807, 2.05) is 72.8 Å². The zero-order chi connectivity index (χ0) is 27.1. The van der Waals surface area contributed by atoms with Crippen LogP contribution in [-0.2, 0) is 18.1 Å². The van der Waals surface area contributed by atoms with Gasteiger partial charge in [0, 0.05) is 18.3 Å². The molecule has 1 saturated heterocycles. The third kappa shape index (κ3) is 6.54. The zero-order valence-corrected chi connectivity index (χ0v) is 22.7. The standard InChI is InChI=1S/C31H35N4O4/c1-35(39-21-23-12-14-25(36-2)15-13-23)19-18-32-28(20-35)26-8-4-7-11-30(26)38-22-24-16-17-33-31(34-24)27-9-5-6-10-29(27)37-3/h4-17,28,32H,18-22H2,1-3H3/q+1/t28?,35-/m1/s1. The molecule has 0 radical (unpaired) electrons. The van der Waals surface area contributed by atoms with Gasteiger partial charge in [0.25, 0.3) is 0 Å². The van der Waals surface area contributed by atoms with Crippen molar-refractivity contribution in [2.45, 2.75) is 19.3 Å². The van der Waals surface area contributed by atoms with Crippen LogP contribution in [0.15, 0.2) is 85.1 Å². The highest BCUT2D eigenvalue weighted by Gasteiger charge is 2.35. The second-order valence-corrected chi connectivity index (χ2v) is 9.73. The van der Waals surface area contributed by atoms with Crippen LogP contribution in [0.1, 0.15) is 22.9 Å². The fourth-order valence-electron chi connectivity index (χ4n) is 4.78. The molecular formula is C31H35N4O4+. The number of hydroxylamine groups is 3. The first-order valence-electron chi connectivity index (χ1n) is 13.1. The molecule has 0 bridgehead atoms. The van der Waals surface area contributed by atoms with Crippen LogP contribution >= 0.6 is 0 Å². The minimum absolute atomic E-state index is 0.0883. The van der Waals surface area contributed by atoms with Crippen molar-refractivity contribution in [3.63, 3.8) is 0 Å². The van der Waals surface area contributed by atoms with Gasteiger partial charge in [0.2, 0.25) is 0 Å². The smallest absolute Gasteiger partial charge is 0.163 e. The number of nitrogens with zero attached hydrogens (tertiary/aromatic N) is 3. The summed E-state index contributed by atoms with van der Waals surface area (Å²) >= 11 is 0. The summed E-state index contributed by atoms with van der Waals surface area (Å²) < 4.78 is 17.6. The lowest BCUT2D eigenvalue weighted by Crippen LogP contribution is -2.56. The van der Waals surface area contributed by atoms with Gasteiger partial charge in [0.1, 0.15) is 43.6 Å². The molecule has 1 aliphatic heterocycles. The molecule has 4 aromatic rings. The van der Waals surface area contributed by atoms with Gasteiger partial charge in [0.15, 0.2) is 5.82 Å². The van der Waals surface area contributed by atoms with Gasteiger partial charge < -0.3 is 14.2 Å². The van der Waals surface area contributed by atoms with E-state index in [4.69, 9.17) is 24.0 Å². The molecular weight excluding hydrogens is 492 g/mol. The molecule has 8 nitrogen and oxygen atoms in total. The number of methoxy groups -OCH3 is 2. The van der Waals surface area contributed by atoms with E-state index < -0.39 is 0 Å². The van der Waals surface area contributed by atoms with Crippen molar-refractivity contribution in [3.8, 4) is 28.6 Å². The fraction of sp³-hybridized carbons (Fsp3) is 0.290. The first-order chi connectivity index (χ1) is 19.1. The third-order valence-electron chi connectivity index (χ3n) is 6.98. The van der Waals surface area contributed by atoms with Crippen molar-refractivity contribution < 1.29 is 23.7 Å². The highest BCUT2D eigenvalue weighted by Crippen LogP contribution is 2.31. The molecule has 1 aliphatic rings. The SMILES string of the molecule is COc1ccc(CO[N@+]2(C)CCNC(c3ccccc3OCc3ccnc(-c4ccccc4OC)n3)C2)cc1. The minimum Gasteiger partial charge on any atom is -0.497 e. The lowest BCUT2D eigenvalue weighted by molar-refractivity contribution is -1.10. The highest BCUT2D eigenvalue weighted by molar-refractivity contribution is 5.63. The number of piperazine rings is 1. The Bertz CT molecular complexity index is 1380. The number of quaternary nitrogens is 1. The molecule has 0 spiro atoms. The van der Waals surface area contributed by atoms with Gasteiger partial charge in [-0.25, -0.2) is 9.97 Å². The predicted octanol–water partition coefficient (Wildman–Crippen LogP) is 4.96. The quantitative estimate of drug-likeness (QED) is 0.292. The molecule has 8 heteroatoms. The summed E-state index contributed by atoms with van der Waals surface area (Å²) in [7, 11) is 5.46. The van der Waals surface area contributed by atoms with Crippen LogP contribution in [-0.4, -0.2) is 55.5 Å². The maximum absolute atomic E-state index is 6.41. The average molecular weight is 528 g/mol. The molecule has 0 amide bonds. The molecule has 1 fully saturated rings. The number of rotatable bonds is 10. The van der Waals surface area contributed by atoms with Gasteiger partial charge in [-0.3, -0.25) is 5.32 Å². The van der Waals surface area contributed by atoms with Crippen LogP contribution in [0.2, 0.25) is 0 Å². The normalized spacial score (nSPS) is 18.9. The Labute approximate surface area is 229 Å². The summed E-state index contributed by atoms with van der Waals surface area (Å²) in [5, 5.41) is 3.65. The van der Waals surface area contributed by atoms with Crippen molar-refractivity contribution in [2.75, 3.05) is 40.9 Å². The minimum atomic E-state index is 0.0883. The third-order valence-corrected chi connectivity index (χ3v) is 6.98. The van der Waals surface area contributed by atoms with Gasteiger partial charge in [-0.05, 0) is 42.0 Å². The maximum Gasteiger partial charge on any atom is 0.163 e. The average Bonchev–Trinajstić information content (AvgIpc) is 2.99. The summed E-state index contributed by atoms with van der Waals surface area (Å²) in [6.45, 7) is 3.36. The number of likely N-dealkylation sites (N-methyl/N-ethyl adjacent to an activating group) is 1. The van der Waals surface area contributed by atoms with Crippen LogP contribution in [0.25, 0.3) is 11.4 Å². The van der Waals surface area contributed by atoms with E-state index in [1.165, 1.54) is 0 Å². The molecule has 2 heterocycles. The van der Waals surface area contributed by atoms with E-state index in [-0.39, 0.29) is 6.04 Å². The largest absolute Gasteiger partial charge is 0.497 e. The summed E-state index contributed by atoms with van der Waals surface area (Å²) in [6.07, 6.45) is 1.76. The van der Waals surface area contributed by atoms with Gasteiger partial charge in [-0.1, -0.05) is 42.5 Å². The van der Waals surface area contributed by atoms with Crippen molar-refractivity contribution >= 4 is 0 Å². The van der Waals surface area contributed by atoms with E-state index in [0.717, 1.165) is 59.3 Å². The maximum atomic E-state index is 6.41. The number of aromatic nitrogens is 2. The van der Waals surface area contributed by atoms with Crippen LogP contribution < -0.4 is 19.5 Å². The molecule has 1 unspecified atom stereocenters. The summed E-state index contributed by atoms with van der Waals surface area (Å²) in [4.78, 5) is 15.6. The number of ether oxygens (including phenoxy) is 3. The highest BCUT2D eigenvalue weighted by atomic mass is 16.7. The van der Waals surface area contributed by atoms with Crippen LogP contribution in [0.4, 0.5) is 0 Å². The molecule has 1 aromatic heterocycles. The Morgan fingerprint density at radius 2 is 1.64 bits per heavy atom. The van der Waals surface area contributed by atoms with Gasteiger partial charge in [-0.2, -0.15) is 9.48 Å². The Morgan fingerprint density at radius 1 is 0.872 bits per heavy atom. The molecule has 2 atom stereocenters.